The SMILES string of the molecule is Cc1csc(C(C)CNS(=O)(=O)c2cc(C(N)=O)cs2)n1. The third-order valence-corrected chi connectivity index (χ3v) is 6.82. The topological polar surface area (TPSA) is 102 Å². The fourth-order valence-corrected chi connectivity index (χ4v) is 4.78. The third kappa shape index (κ3) is 3.88. The molecule has 0 fully saturated rings. The number of hydrogen-bond donors (Lipinski definition) is 2. The minimum absolute atomic E-state index is 0.0194. The van der Waals surface area contributed by atoms with Crippen molar-refractivity contribution in [3.05, 3.63) is 33.1 Å². The summed E-state index contributed by atoms with van der Waals surface area (Å²) in [5, 5.41) is 4.25. The summed E-state index contributed by atoms with van der Waals surface area (Å²) in [6.45, 7) is 4.05. The molecule has 0 radical (unpaired) electrons. The van der Waals surface area contributed by atoms with Gasteiger partial charge in [-0.1, -0.05) is 6.92 Å². The molecule has 1 atom stereocenters. The maximum Gasteiger partial charge on any atom is 0.250 e. The molecule has 0 aromatic carbocycles. The highest BCUT2D eigenvalue weighted by atomic mass is 32.2. The van der Waals surface area contributed by atoms with E-state index in [4.69, 9.17) is 5.73 Å². The van der Waals surface area contributed by atoms with Crippen molar-refractivity contribution in [2.24, 2.45) is 5.73 Å². The Labute approximate surface area is 131 Å². The third-order valence-electron chi connectivity index (χ3n) is 2.76. The first-order valence-electron chi connectivity index (χ1n) is 6.09. The van der Waals surface area contributed by atoms with Crippen molar-refractivity contribution in [3.63, 3.8) is 0 Å². The van der Waals surface area contributed by atoms with E-state index < -0.39 is 15.9 Å². The van der Waals surface area contributed by atoms with Crippen molar-refractivity contribution in [3.8, 4) is 0 Å². The molecule has 21 heavy (non-hydrogen) atoms. The second-order valence-electron chi connectivity index (χ2n) is 4.60. The molecule has 0 aliphatic rings. The average molecular weight is 345 g/mol. The average Bonchev–Trinajstić information content (AvgIpc) is 3.04. The van der Waals surface area contributed by atoms with Crippen LogP contribution in [-0.2, 0) is 10.0 Å². The second kappa shape index (κ2) is 6.22. The zero-order chi connectivity index (χ0) is 15.6. The summed E-state index contributed by atoms with van der Waals surface area (Å²) < 4.78 is 26.9. The Morgan fingerprint density at radius 1 is 1.43 bits per heavy atom. The zero-order valence-electron chi connectivity index (χ0n) is 11.5. The molecule has 1 amide bonds. The second-order valence-corrected chi connectivity index (χ2v) is 8.39. The van der Waals surface area contributed by atoms with Crippen LogP contribution < -0.4 is 10.5 Å². The Bertz CT molecular complexity index is 749. The molecule has 0 spiro atoms. The van der Waals surface area contributed by atoms with Crippen molar-refractivity contribution in [1.82, 2.24) is 9.71 Å². The summed E-state index contributed by atoms with van der Waals surface area (Å²) in [4.78, 5) is 15.3. The van der Waals surface area contributed by atoms with Gasteiger partial charge in [0.25, 0.3) is 0 Å². The summed E-state index contributed by atoms with van der Waals surface area (Å²) in [5.74, 6) is -0.659. The molecule has 2 aromatic rings. The molecule has 3 N–H and O–H groups in total. The number of nitrogens with one attached hydrogen (secondary N) is 1. The molecule has 0 saturated heterocycles. The van der Waals surface area contributed by atoms with Crippen LogP contribution in [0.4, 0.5) is 0 Å². The number of sulfonamides is 1. The van der Waals surface area contributed by atoms with Gasteiger partial charge in [0, 0.05) is 28.9 Å². The van der Waals surface area contributed by atoms with E-state index in [2.05, 4.69) is 9.71 Å². The first-order valence-corrected chi connectivity index (χ1v) is 9.34. The normalized spacial score (nSPS) is 13.2. The predicted molar refractivity (Wildman–Crippen MR) is 83.3 cm³/mol. The Morgan fingerprint density at radius 3 is 2.67 bits per heavy atom. The van der Waals surface area contributed by atoms with Crippen LogP contribution in [0.15, 0.2) is 21.0 Å². The van der Waals surface area contributed by atoms with Gasteiger partial charge < -0.3 is 5.73 Å². The Kier molecular flexibility index (Phi) is 4.77. The fourth-order valence-electron chi connectivity index (χ4n) is 1.58. The quantitative estimate of drug-likeness (QED) is 0.831. The van der Waals surface area contributed by atoms with Gasteiger partial charge in [-0.2, -0.15) is 0 Å². The van der Waals surface area contributed by atoms with E-state index in [9.17, 15) is 13.2 Å². The molecule has 1 unspecified atom stereocenters. The van der Waals surface area contributed by atoms with E-state index in [0.29, 0.717) is 0 Å². The highest BCUT2D eigenvalue weighted by Crippen LogP contribution is 2.22. The summed E-state index contributed by atoms with van der Waals surface area (Å²) in [7, 11) is -3.63. The molecule has 0 aliphatic heterocycles. The molecule has 0 bridgehead atoms. The van der Waals surface area contributed by atoms with Gasteiger partial charge in [-0.25, -0.2) is 18.1 Å². The molecular formula is C12H15N3O3S3. The molecule has 6 nitrogen and oxygen atoms in total. The van der Waals surface area contributed by atoms with Crippen molar-refractivity contribution in [2.45, 2.75) is 24.0 Å². The number of nitrogens with zero attached hydrogens (tertiary/aromatic N) is 1. The highest BCUT2D eigenvalue weighted by Gasteiger charge is 2.20. The Balaban J connectivity index is 2.05. The van der Waals surface area contributed by atoms with E-state index in [-0.39, 0.29) is 22.2 Å². The smallest absolute Gasteiger partial charge is 0.250 e. The Hall–Kier alpha value is -1.29. The van der Waals surface area contributed by atoms with Crippen molar-refractivity contribution in [2.75, 3.05) is 6.54 Å². The maximum absolute atomic E-state index is 12.1. The van der Waals surface area contributed by atoms with Crippen molar-refractivity contribution >= 4 is 38.6 Å². The number of carbonyl (C=O) groups is 1. The number of nitrogens with two attached hydrogens (primary N) is 1. The monoisotopic (exact) mass is 345 g/mol. The van der Waals surface area contributed by atoms with Crippen LogP contribution in [0, 0.1) is 6.92 Å². The Morgan fingerprint density at radius 2 is 2.14 bits per heavy atom. The van der Waals surface area contributed by atoms with Crippen LogP contribution in [0.5, 0.6) is 0 Å². The number of hydrogen-bond acceptors (Lipinski definition) is 6. The number of aryl methyl sites for hydroxylation is 1. The van der Waals surface area contributed by atoms with Crippen LogP contribution in [0.25, 0.3) is 0 Å². The summed E-state index contributed by atoms with van der Waals surface area (Å²) in [6.07, 6.45) is 0. The summed E-state index contributed by atoms with van der Waals surface area (Å²) in [6, 6.07) is 1.29. The summed E-state index contributed by atoms with van der Waals surface area (Å²) in [5.41, 5.74) is 6.24. The van der Waals surface area contributed by atoms with E-state index in [0.717, 1.165) is 22.0 Å². The lowest BCUT2D eigenvalue weighted by Crippen LogP contribution is -2.27. The first kappa shape index (κ1) is 16.1. The molecule has 9 heteroatoms. The van der Waals surface area contributed by atoms with Crippen molar-refractivity contribution < 1.29 is 13.2 Å². The lowest BCUT2D eigenvalue weighted by Gasteiger charge is -2.09. The number of primary amides is 1. The standard InChI is InChI=1S/C12H15N3O3S3/c1-7(12-15-8(2)5-20-12)4-14-21(17,18)10-3-9(6-19-10)11(13)16/h3,5-7,14H,4H2,1-2H3,(H2,13,16). The highest BCUT2D eigenvalue weighted by molar-refractivity contribution is 7.91. The molecule has 2 heterocycles. The van der Waals surface area contributed by atoms with E-state index >= 15 is 0 Å². The molecule has 2 rings (SSSR count). The van der Waals surface area contributed by atoms with E-state index in [1.165, 1.54) is 22.8 Å². The van der Waals surface area contributed by atoms with Gasteiger partial charge in [0.05, 0.1) is 10.6 Å². The number of thiazole rings is 1. The van der Waals surface area contributed by atoms with Gasteiger partial charge in [-0.3, -0.25) is 4.79 Å². The van der Waals surface area contributed by atoms with Crippen LogP contribution in [0.3, 0.4) is 0 Å². The predicted octanol–water partition coefficient (Wildman–Crippen LogP) is 1.69. The lowest BCUT2D eigenvalue weighted by atomic mass is 10.2. The molecular weight excluding hydrogens is 330 g/mol. The van der Waals surface area contributed by atoms with E-state index in [1.807, 2.05) is 19.2 Å². The van der Waals surface area contributed by atoms with Crippen molar-refractivity contribution in [1.29, 1.82) is 0 Å². The van der Waals surface area contributed by atoms with Crippen LogP contribution in [-0.4, -0.2) is 25.9 Å². The number of rotatable bonds is 6. The number of aromatic nitrogens is 1. The van der Waals surface area contributed by atoms with Gasteiger partial charge in [0.1, 0.15) is 4.21 Å². The first-order chi connectivity index (χ1) is 9.79. The van der Waals surface area contributed by atoms with Crippen LogP contribution in [0.1, 0.15) is 33.9 Å². The molecule has 0 saturated carbocycles. The lowest BCUT2D eigenvalue weighted by molar-refractivity contribution is 0.100. The van der Waals surface area contributed by atoms with Crippen LogP contribution >= 0.6 is 22.7 Å². The fraction of sp³-hybridized carbons (Fsp3) is 0.333. The molecule has 2 aromatic heterocycles. The number of amides is 1. The largest absolute Gasteiger partial charge is 0.366 e. The maximum atomic E-state index is 12.1. The zero-order valence-corrected chi connectivity index (χ0v) is 13.9. The number of carbonyl (C=O) groups excluding carboxylic acids is 1. The molecule has 114 valence electrons. The minimum atomic E-state index is -3.63. The van der Waals surface area contributed by atoms with Gasteiger partial charge in [-0.05, 0) is 13.0 Å². The van der Waals surface area contributed by atoms with Crippen LogP contribution in [0.2, 0.25) is 0 Å². The number of thiophene rings is 1. The van der Waals surface area contributed by atoms with Gasteiger partial charge in [-0.15, -0.1) is 22.7 Å². The minimum Gasteiger partial charge on any atom is -0.366 e. The summed E-state index contributed by atoms with van der Waals surface area (Å²) >= 11 is 2.48. The van der Waals surface area contributed by atoms with Gasteiger partial charge >= 0.3 is 0 Å². The van der Waals surface area contributed by atoms with Gasteiger partial charge in [0.2, 0.25) is 15.9 Å². The van der Waals surface area contributed by atoms with Gasteiger partial charge in [0.15, 0.2) is 0 Å². The van der Waals surface area contributed by atoms with E-state index in [1.54, 1.807) is 0 Å². The molecule has 0 aliphatic carbocycles.